The molecular formula is C13H19IN6O. The first-order valence-electron chi connectivity index (χ1n) is 7.15. The van der Waals surface area contributed by atoms with E-state index in [2.05, 4.69) is 51.4 Å². The second kappa shape index (κ2) is 5.91. The molecule has 2 aromatic heterocycles. The Morgan fingerprint density at radius 1 is 1.33 bits per heavy atom. The molecule has 21 heavy (non-hydrogen) atoms. The zero-order valence-electron chi connectivity index (χ0n) is 12.2. The van der Waals surface area contributed by atoms with E-state index < -0.39 is 0 Å². The molecule has 0 spiro atoms. The summed E-state index contributed by atoms with van der Waals surface area (Å²) in [6.45, 7) is 7.25. The van der Waals surface area contributed by atoms with Gasteiger partial charge in [0, 0.05) is 13.1 Å². The molecule has 7 nitrogen and oxygen atoms in total. The highest BCUT2D eigenvalue weighted by molar-refractivity contribution is 14.1. The van der Waals surface area contributed by atoms with E-state index in [1.54, 1.807) is 0 Å². The van der Waals surface area contributed by atoms with Crippen molar-refractivity contribution < 1.29 is 4.74 Å². The smallest absolute Gasteiger partial charge is 0.229 e. The first kappa shape index (κ1) is 14.8. The van der Waals surface area contributed by atoms with Gasteiger partial charge in [-0.05, 0) is 35.9 Å². The Hall–Kier alpha value is -1.16. The normalized spacial score (nSPS) is 17.4. The van der Waals surface area contributed by atoms with Crippen LogP contribution in [0.25, 0.3) is 11.0 Å². The van der Waals surface area contributed by atoms with Crippen LogP contribution in [0.1, 0.15) is 26.3 Å². The molecule has 0 amide bonds. The molecule has 114 valence electrons. The molecule has 0 bridgehead atoms. The fourth-order valence-electron chi connectivity index (χ4n) is 2.39. The lowest BCUT2D eigenvalue weighted by atomic mass is 10.2. The van der Waals surface area contributed by atoms with Crippen LogP contribution in [-0.2, 0) is 4.74 Å². The van der Waals surface area contributed by atoms with E-state index in [0.717, 1.165) is 34.2 Å². The third kappa shape index (κ3) is 2.66. The Kier molecular flexibility index (Phi) is 4.16. The molecule has 1 aliphatic heterocycles. The second-order valence-corrected chi connectivity index (χ2v) is 6.22. The molecular weight excluding hydrogens is 383 g/mol. The predicted molar refractivity (Wildman–Crippen MR) is 90.5 cm³/mol. The van der Waals surface area contributed by atoms with E-state index in [-0.39, 0.29) is 6.04 Å². The third-order valence-corrected chi connectivity index (χ3v) is 4.58. The van der Waals surface area contributed by atoms with Crippen molar-refractivity contribution in [3.8, 4) is 0 Å². The molecule has 3 heterocycles. The van der Waals surface area contributed by atoms with Gasteiger partial charge in [0.15, 0.2) is 5.65 Å². The number of hydrogen-bond acceptors (Lipinski definition) is 6. The zero-order chi connectivity index (χ0) is 15.0. The number of nitrogens with two attached hydrogens (primary N) is 1. The highest BCUT2D eigenvalue weighted by atomic mass is 127. The minimum atomic E-state index is 0.280. The highest BCUT2D eigenvalue weighted by Crippen LogP contribution is 2.28. The molecule has 3 rings (SSSR count). The van der Waals surface area contributed by atoms with Crippen molar-refractivity contribution >= 4 is 45.4 Å². The molecule has 2 N–H and O–H groups in total. The topological polar surface area (TPSA) is 82.1 Å². The lowest BCUT2D eigenvalue weighted by Crippen LogP contribution is -2.37. The summed E-state index contributed by atoms with van der Waals surface area (Å²) in [7, 11) is 0. The number of fused-ring (bicyclic) bond motifs is 1. The van der Waals surface area contributed by atoms with Gasteiger partial charge >= 0.3 is 0 Å². The number of rotatable bonds is 3. The van der Waals surface area contributed by atoms with Crippen LogP contribution < -0.4 is 10.6 Å². The quantitative estimate of drug-likeness (QED) is 0.789. The van der Waals surface area contributed by atoms with Crippen molar-refractivity contribution in [2.45, 2.75) is 26.3 Å². The summed E-state index contributed by atoms with van der Waals surface area (Å²) < 4.78 is 8.19. The van der Waals surface area contributed by atoms with Crippen molar-refractivity contribution in [3.63, 3.8) is 0 Å². The zero-order valence-corrected chi connectivity index (χ0v) is 14.4. The largest absolute Gasteiger partial charge is 0.383 e. The Morgan fingerprint density at radius 2 is 2.05 bits per heavy atom. The van der Waals surface area contributed by atoms with Crippen LogP contribution in [-0.4, -0.2) is 46.1 Å². The van der Waals surface area contributed by atoms with Crippen molar-refractivity contribution in [2.75, 3.05) is 36.9 Å². The van der Waals surface area contributed by atoms with E-state index >= 15 is 0 Å². The number of hydrogen-bond donors (Lipinski definition) is 1. The SMILES string of the molecule is CC[C@H](C)n1nc(I)c2c(N)nc(N3CCOCC3)nc21. The number of nitrogen functional groups attached to an aromatic ring is 1. The molecule has 0 unspecified atom stereocenters. The van der Waals surface area contributed by atoms with Gasteiger partial charge in [0.25, 0.3) is 0 Å². The molecule has 1 aliphatic rings. The van der Waals surface area contributed by atoms with Gasteiger partial charge in [-0.3, -0.25) is 0 Å². The molecule has 1 atom stereocenters. The summed E-state index contributed by atoms with van der Waals surface area (Å²) in [5.74, 6) is 1.17. The van der Waals surface area contributed by atoms with Crippen LogP contribution in [0.3, 0.4) is 0 Å². The molecule has 0 aromatic carbocycles. The molecule has 1 fully saturated rings. The van der Waals surface area contributed by atoms with E-state index in [1.807, 2.05) is 4.68 Å². The number of aromatic nitrogens is 4. The van der Waals surface area contributed by atoms with E-state index in [0.29, 0.717) is 25.0 Å². The monoisotopic (exact) mass is 402 g/mol. The lowest BCUT2D eigenvalue weighted by molar-refractivity contribution is 0.122. The van der Waals surface area contributed by atoms with E-state index in [1.165, 1.54) is 0 Å². The second-order valence-electron chi connectivity index (χ2n) is 5.20. The predicted octanol–water partition coefficient (Wildman–Crippen LogP) is 1.82. The Morgan fingerprint density at radius 3 is 2.71 bits per heavy atom. The number of anilines is 2. The summed E-state index contributed by atoms with van der Waals surface area (Å²) in [6, 6.07) is 0.280. The third-order valence-electron chi connectivity index (χ3n) is 3.83. The van der Waals surface area contributed by atoms with Crippen molar-refractivity contribution in [1.29, 1.82) is 0 Å². The Balaban J connectivity index is 2.12. The van der Waals surface area contributed by atoms with E-state index in [4.69, 9.17) is 15.5 Å². The first-order valence-corrected chi connectivity index (χ1v) is 8.23. The van der Waals surface area contributed by atoms with Crippen molar-refractivity contribution in [2.24, 2.45) is 0 Å². The molecule has 0 saturated carbocycles. The Bertz CT molecular complexity index is 652. The molecule has 0 aliphatic carbocycles. The van der Waals surface area contributed by atoms with Gasteiger partial charge in [0.05, 0.1) is 24.6 Å². The highest BCUT2D eigenvalue weighted by Gasteiger charge is 2.21. The minimum absolute atomic E-state index is 0.280. The van der Waals surface area contributed by atoms with Crippen LogP contribution in [0.4, 0.5) is 11.8 Å². The number of nitrogens with zero attached hydrogens (tertiary/aromatic N) is 5. The van der Waals surface area contributed by atoms with Crippen LogP contribution in [0.2, 0.25) is 0 Å². The fraction of sp³-hybridized carbons (Fsp3) is 0.615. The minimum Gasteiger partial charge on any atom is -0.383 e. The lowest BCUT2D eigenvalue weighted by Gasteiger charge is -2.27. The Labute approximate surface area is 137 Å². The van der Waals surface area contributed by atoms with Gasteiger partial charge < -0.3 is 15.4 Å². The van der Waals surface area contributed by atoms with Gasteiger partial charge in [-0.15, -0.1) is 0 Å². The van der Waals surface area contributed by atoms with Crippen molar-refractivity contribution in [1.82, 2.24) is 19.7 Å². The average Bonchev–Trinajstić information content (AvgIpc) is 2.85. The van der Waals surface area contributed by atoms with Crippen LogP contribution >= 0.6 is 22.6 Å². The number of halogens is 1. The number of morpholine rings is 1. The molecule has 8 heteroatoms. The number of ether oxygens (including phenoxy) is 1. The van der Waals surface area contributed by atoms with Gasteiger partial charge in [-0.25, -0.2) is 4.68 Å². The summed E-state index contributed by atoms with van der Waals surface area (Å²) in [5, 5.41) is 5.44. The standard InChI is InChI=1S/C13H19IN6O/c1-3-8(2)20-12-9(10(14)18-20)11(15)16-13(17-12)19-4-6-21-7-5-19/h8H,3-7H2,1-2H3,(H2,15,16,17)/t8-/m0/s1. The maximum Gasteiger partial charge on any atom is 0.229 e. The summed E-state index contributed by atoms with van der Waals surface area (Å²) in [6.07, 6.45) is 0.990. The maximum absolute atomic E-state index is 6.15. The fourth-order valence-corrected chi connectivity index (χ4v) is 3.14. The molecule has 2 aromatic rings. The van der Waals surface area contributed by atoms with Crippen LogP contribution in [0.5, 0.6) is 0 Å². The van der Waals surface area contributed by atoms with Gasteiger partial charge in [-0.1, -0.05) is 6.92 Å². The summed E-state index contributed by atoms with van der Waals surface area (Å²) >= 11 is 2.19. The van der Waals surface area contributed by atoms with Crippen molar-refractivity contribution in [3.05, 3.63) is 3.70 Å². The van der Waals surface area contributed by atoms with E-state index in [9.17, 15) is 0 Å². The maximum atomic E-state index is 6.15. The molecule has 0 radical (unpaired) electrons. The van der Waals surface area contributed by atoms with Gasteiger partial charge in [0.2, 0.25) is 5.95 Å². The van der Waals surface area contributed by atoms with Gasteiger partial charge in [-0.2, -0.15) is 15.1 Å². The summed E-state index contributed by atoms with van der Waals surface area (Å²) in [5.41, 5.74) is 6.97. The van der Waals surface area contributed by atoms with Gasteiger partial charge in [0.1, 0.15) is 9.52 Å². The summed E-state index contributed by atoms with van der Waals surface area (Å²) in [4.78, 5) is 11.3. The van der Waals surface area contributed by atoms with Crippen LogP contribution in [0, 0.1) is 3.70 Å². The van der Waals surface area contributed by atoms with Crippen LogP contribution in [0.15, 0.2) is 0 Å². The first-order chi connectivity index (χ1) is 10.1. The molecule has 1 saturated heterocycles. The average molecular weight is 402 g/mol.